The van der Waals surface area contributed by atoms with Crippen molar-refractivity contribution in [3.63, 3.8) is 0 Å². The monoisotopic (exact) mass is 276 g/mol. The summed E-state index contributed by atoms with van der Waals surface area (Å²) in [6, 6.07) is 1.96. The van der Waals surface area contributed by atoms with Crippen molar-refractivity contribution in [3.8, 4) is 0 Å². The summed E-state index contributed by atoms with van der Waals surface area (Å²) in [5.74, 6) is 8.66. The molecule has 4 nitrogen and oxygen atoms in total. The standard InChI is InChI=1S/C16H28N4/c1-5-11-6-8-12(9-7-11)15-18-13(16(2,3)4)10-14(19-15)20-17/h10-12H,5-9,17H2,1-4H3,(H,18,19,20). The molecule has 0 aliphatic heterocycles. The number of nitrogens with zero attached hydrogens (tertiary/aromatic N) is 2. The molecule has 3 N–H and O–H groups in total. The fourth-order valence-corrected chi connectivity index (χ4v) is 2.94. The van der Waals surface area contributed by atoms with Crippen LogP contribution >= 0.6 is 0 Å². The number of nitrogen functional groups attached to an aromatic ring is 1. The highest BCUT2D eigenvalue weighted by Crippen LogP contribution is 2.36. The summed E-state index contributed by atoms with van der Waals surface area (Å²) in [6.07, 6.45) is 6.31. The highest BCUT2D eigenvalue weighted by Gasteiger charge is 2.25. The molecule has 112 valence electrons. The lowest BCUT2D eigenvalue weighted by Crippen LogP contribution is -2.21. The topological polar surface area (TPSA) is 63.8 Å². The average Bonchev–Trinajstić information content (AvgIpc) is 2.46. The zero-order valence-electron chi connectivity index (χ0n) is 13.2. The van der Waals surface area contributed by atoms with Crippen LogP contribution in [0.3, 0.4) is 0 Å². The van der Waals surface area contributed by atoms with E-state index in [1.54, 1.807) is 0 Å². The van der Waals surface area contributed by atoms with E-state index in [1.165, 1.54) is 32.1 Å². The third-order valence-electron chi connectivity index (χ3n) is 4.45. The Bertz CT molecular complexity index is 442. The summed E-state index contributed by atoms with van der Waals surface area (Å²) in [5, 5.41) is 0. The van der Waals surface area contributed by atoms with E-state index < -0.39 is 0 Å². The van der Waals surface area contributed by atoms with Crippen LogP contribution in [0.15, 0.2) is 6.07 Å². The highest BCUT2D eigenvalue weighted by atomic mass is 15.3. The molecular formula is C16H28N4. The van der Waals surface area contributed by atoms with Gasteiger partial charge in [-0.25, -0.2) is 15.8 Å². The molecule has 1 aromatic heterocycles. The molecule has 0 spiro atoms. The molecule has 1 aliphatic rings. The van der Waals surface area contributed by atoms with Crippen LogP contribution in [0.5, 0.6) is 0 Å². The Labute approximate surface area is 122 Å². The van der Waals surface area contributed by atoms with Crippen LogP contribution in [0.1, 0.15) is 77.2 Å². The maximum atomic E-state index is 5.56. The molecule has 1 aliphatic carbocycles. The van der Waals surface area contributed by atoms with Gasteiger partial charge in [0.1, 0.15) is 11.6 Å². The molecule has 0 amide bonds. The average molecular weight is 276 g/mol. The van der Waals surface area contributed by atoms with E-state index in [-0.39, 0.29) is 5.41 Å². The molecule has 1 saturated carbocycles. The van der Waals surface area contributed by atoms with E-state index >= 15 is 0 Å². The quantitative estimate of drug-likeness (QED) is 0.652. The maximum absolute atomic E-state index is 5.56. The van der Waals surface area contributed by atoms with Gasteiger partial charge in [0.2, 0.25) is 0 Å². The number of anilines is 1. The zero-order valence-corrected chi connectivity index (χ0v) is 13.2. The van der Waals surface area contributed by atoms with Crippen LogP contribution in [-0.4, -0.2) is 9.97 Å². The first-order valence-corrected chi connectivity index (χ1v) is 7.80. The van der Waals surface area contributed by atoms with Crippen molar-refractivity contribution < 1.29 is 0 Å². The summed E-state index contributed by atoms with van der Waals surface area (Å²) >= 11 is 0. The number of nitrogens with one attached hydrogen (secondary N) is 1. The maximum Gasteiger partial charge on any atom is 0.143 e. The number of aromatic nitrogens is 2. The number of hydrogen-bond donors (Lipinski definition) is 2. The van der Waals surface area contributed by atoms with Crippen LogP contribution in [0.2, 0.25) is 0 Å². The number of rotatable bonds is 3. The fraction of sp³-hybridized carbons (Fsp3) is 0.750. The molecule has 1 heterocycles. The molecule has 0 saturated heterocycles. The summed E-state index contributed by atoms with van der Waals surface area (Å²) in [5.41, 5.74) is 3.77. The largest absolute Gasteiger partial charge is 0.308 e. The summed E-state index contributed by atoms with van der Waals surface area (Å²) < 4.78 is 0. The number of hydrogen-bond acceptors (Lipinski definition) is 4. The van der Waals surface area contributed by atoms with Gasteiger partial charge in [-0.1, -0.05) is 34.1 Å². The van der Waals surface area contributed by atoms with Gasteiger partial charge >= 0.3 is 0 Å². The summed E-state index contributed by atoms with van der Waals surface area (Å²) in [7, 11) is 0. The lowest BCUT2D eigenvalue weighted by molar-refractivity contribution is 0.311. The van der Waals surface area contributed by atoms with Gasteiger partial charge in [-0.05, 0) is 31.6 Å². The normalized spacial score (nSPS) is 23.6. The van der Waals surface area contributed by atoms with Gasteiger partial charge in [0.25, 0.3) is 0 Å². The van der Waals surface area contributed by atoms with Gasteiger partial charge in [-0.2, -0.15) is 0 Å². The molecule has 0 aromatic carbocycles. The molecule has 0 radical (unpaired) electrons. The molecule has 4 heteroatoms. The SMILES string of the molecule is CCC1CCC(c2nc(NN)cc(C(C)(C)C)n2)CC1. The second-order valence-electron chi connectivity index (χ2n) is 7.02. The second kappa shape index (κ2) is 6.08. The minimum Gasteiger partial charge on any atom is -0.308 e. The first-order chi connectivity index (χ1) is 9.44. The van der Waals surface area contributed by atoms with Crippen molar-refractivity contribution in [2.24, 2.45) is 11.8 Å². The Hall–Kier alpha value is -1.16. The molecule has 20 heavy (non-hydrogen) atoms. The van der Waals surface area contributed by atoms with E-state index in [2.05, 4.69) is 38.1 Å². The smallest absolute Gasteiger partial charge is 0.143 e. The third-order valence-corrected chi connectivity index (χ3v) is 4.45. The van der Waals surface area contributed by atoms with Crippen molar-refractivity contribution in [1.82, 2.24) is 9.97 Å². The van der Waals surface area contributed by atoms with Gasteiger partial charge < -0.3 is 5.43 Å². The van der Waals surface area contributed by atoms with Gasteiger partial charge in [-0.3, -0.25) is 0 Å². The van der Waals surface area contributed by atoms with Crippen molar-refractivity contribution >= 4 is 5.82 Å². The van der Waals surface area contributed by atoms with E-state index in [1.807, 2.05) is 6.07 Å². The molecule has 0 atom stereocenters. The van der Waals surface area contributed by atoms with Gasteiger partial charge in [0.15, 0.2) is 0 Å². The molecule has 1 fully saturated rings. The van der Waals surface area contributed by atoms with E-state index in [0.717, 1.165) is 23.3 Å². The van der Waals surface area contributed by atoms with Crippen LogP contribution < -0.4 is 11.3 Å². The third kappa shape index (κ3) is 3.48. The minimum atomic E-state index is 0.0178. The Kier molecular flexibility index (Phi) is 4.63. The predicted molar refractivity (Wildman–Crippen MR) is 83.5 cm³/mol. The van der Waals surface area contributed by atoms with Gasteiger partial charge in [0.05, 0.1) is 5.69 Å². The summed E-state index contributed by atoms with van der Waals surface area (Å²) in [6.45, 7) is 8.81. The van der Waals surface area contributed by atoms with Crippen molar-refractivity contribution in [3.05, 3.63) is 17.6 Å². The fourth-order valence-electron chi connectivity index (χ4n) is 2.94. The van der Waals surface area contributed by atoms with Gasteiger partial charge in [0, 0.05) is 17.4 Å². The Morgan fingerprint density at radius 2 is 1.85 bits per heavy atom. The van der Waals surface area contributed by atoms with Crippen LogP contribution in [0.25, 0.3) is 0 Å². The molecular weight excluding hydrogens is 248 g/mol. The van der Waals surface area contributed by atoms with Crippen LogP contribution in [0, 0.1) is 5.92 Å². The van der Waals surface area contributed by atoms with Crippen LogP contribution in [-0.2, 0) is 5.41 Å². The summed E-state index contributed by atoms with van der Waals surface area (Å²) in [4.78, 5) is 9.41. The lowest BCUT2D eigenvalue weighted by atomic mass is 9.80. The highest BCUT2D eigenvalue weighted by molar-refractivity contribution is 5.37. The predicted octanol–water partition coefficient (Wildman–Crippen LogP) is 3.74. The van der Waals surface area contributed by atoms with Crippen molar-refractivity contribution in [2.75, 3.05) is 5.43 Å². The van der Waals surface area contributed by atoms with E-state index in [4.69, 9.17) is 10.8 Å². The van der Waals surface area contributed by atoms with E-state index in [0.29, 0.717) is 5.92 Å². The number of hydrazine groups is 1. The van der Waals surface area contributed by atoms with E-state index in [9.17, 15) is 0 Å². The van der Waals surface area contributed by atoms with Gasteiger partial charge in [-0.15, -0.1) is 0 Å². The Balaban J connectivity index is 2.23. The second-order valence-corrected chi connectivity index (χ2v) is 7.02. The zero-order chi connectivity index (χ0) is 14.8. The minimum absolute atomic E-state index is 0.0178. The Morgan fingerprint density at radius 3 is 2.35 bits per heavy atom. The molecule has 2 rings (SSSR count). The van der Waals surface area contributed by atoms with Crippen molar-refractivity contribution in [2.45, 2.75) is 71.1 Å². The molecule has 0 bridgehead atoms. The Morgan fingerprint density at radius 1 is 1.20 bits per heavy atom. The van der Waals surface area contributed by atoms with Crippen molar-refractivity contribution in [1.29, 1.82) is 0 Å². The first-order valence-electron chi connectivity index (χ1n) is 7.80. The van der Waals surface area contributed by atoms with Crippen LogP contribution in [0.4, 0.5) is 5.82 Å². The molecule has 1 aromatic rings. The first kappa shape index (κ1) is 15.2. The molecule has 0 unspecified atom stereocenters. The lowest BCUT2D eigenvalue weighted by Gasteiger charge is -2.28. The number of nitrogens with two attached hydrogens (primary N) is 1.